The van der Waals surface area contributed by atoms with Crippen LogP contribution in [0.25, 0.3) is 0 Å². The van der Waals surface area contributed by atoms with Crippen LogP contribution in [0.3, 0.4) is 0 Å². The standard InChI is InChI=1S/C16H14F3NO2/c1-2-15(21)20-13-10-11(16(17,18)19)8-9-14(13)22-12-6-4-3-5-7-12/h3-10H,2H2,1H3,(H,20,21). The van der Waals surface area contributed by atoms with E-state index in [1.54, 1.807) is 37.3 Å². The average Bonchev–Trinajstić information content (AvgIpc) is 2.49. The number of alkyl halides is 3. The van der Waals surface area contributed by atoms with Gasteiger partial charge in [-0.25, -0.2) is 0 Å². The lowest BCUT2D eigenvalue weighted by Crippen LogP contribution is -2.12. The van der Waals surface area contributed by atoms with E-state index in [4.69, 9.17) is 4.74 Å². The third-order valence-electron chi connectivity index (χ3n) is 2.87. The Balaban J connectivity index is 2.37. The van der Waals surface area contributed by atoms with Crippen molar-refractivity contribution < 1.29 is 22.7 Å². The van der Waals surface area contributed by atoms with Crippen molar-refractivity contribution in [1.82, 2.24) is 0 Å². The summed E-state index contributed by atoms with van der Waals surface area (Å²) < 4.78 is 43.9. The molecule has 22 heavy (non-hydrogen) atoms. The normalized spacial score (nSPS) is 11.1. The van der Waals surface area contributed by atoms with Crippen LogP contribution in [0.5, 0.6) is 11.5 Å². The summed E-state index contributed by atoms with van der Waals surface area (Å²) in [4.78, 5) is 11.5. The zero-order valence-corrected chi connectivity index (χ0v) is 11.8. The summed E-state index contributed by atoms with van der Waals surface area (Å²) in [5.74, 6) is 0.229. The SMILES string of the molecule is CCC(=O)Nc1cc(C(F)(F)F)ccc1Oc1ccccc1. The summed E-state index contributed by atoms with van der Waals surface area (Å²) in [6.45, 7) is 1.61. The van der Waals surface area contributed by atoms with Gasteiger partial charge in [0.2, 0.25) is 5.91 Å². The second kappa shape index (κ2) is 6.51. The molecule has 0 unspecified atom stereocenters. The molecule has 0 aromatic heterocycles. The van der Waals surface area contributed by atoms with Gasteiger partial charge in [-0.15, -0.1) is 0 Å². The van der Waals surface area contributed by atoms with Crippen molar-refractivity contribution in [2.75, 3.05) is 5.32 Å². The molecule has 6 heteroatoms. The van der Waals surface area contributed by atoms with Crippen LogP contribution < -0.4 is 10.1 Å². The van der Waals surface area contributed by atoms with E-state index < -0.39 is 17.6 Å². The Morgan fingerprint density at radius 2 is 1.82 bits per heavy atom. The second-order valence-electron chi connectivity index (χ2n) is 4.53. The van der Waals surface area contributed by atoms with Crippen molar-refractivity contribution in [1.29, 1.82) is 0 Å². The third kappa shape index (κ3) is 4.00. The van der Waals surface area contributed by atoms with E-state index in [0.717, 1.165) is 12.1 Å². The molecule has 2 rings (SSSR count). The number of ether oxygens (including phenoxy) is 1. The minimum Gasteiger partial charge on any atom is -0.455 e. The predicted molar refractivity (Wildman–Crippen MR) is 76.9 cm³/mol. The number of carbonyl (C=O) groups excluding carboxylic acids is 1. The highest BCUT2D eigenvalue weighted by Crippen LogP contribution is 2.36. The first-order valence-electron chi connectivity index (χ1n) is 6.64. The summed E-state index contributed by atoms with van der Waals surface area (Å²) in [5.41, 5.74) is -0.857. The first-order chi connectivity index (χ1) is 10.4. The van der Waals surface area contributed by atoms with E-state index in [-0.39, 0.29) is 17.9 Å². The Hall–Kier alpha value is -2.50. The van der Waals surface area contributed by atoms with Crippen molar-refractivity contribution >= 4 is 11.6 Å². The van der Waals surface area contributed by atoms with Crippen LogP contribution in [-0.4, -0.2) is 5.91 Å². The molecule has 0 saturated carbocycles. The fourth-order valence-corrected chi connectivity index (χ4v) is 1.75. The largest absolute Gasteiger partial charge is 0.455 e. The van der Waals surface area contributed by atoms with E-state index in [2.05, 4.69) is 5.32 Å². The van der Waals surface area contributed by atoms with E-state index in [0.29, 0.717) is 5.75 Å². The van der Waals surface area contributed by atoms with E-state index in [1.165, 1.54) is 6.07 Å². The van der Waals surface area contributed by atoms with Gasteiger partial charge in [0.1, 0.15) is 5.75 Å². The smallest absolute Gasteiger partial charge is 0.416 e. The molecule has 0 saturated heterocycles. The first kappa shape index (κ1) is 15.9. The highest BCUT2D eigenvalue weighted by molar-refractivity contribution is 5.92. The average molecular weight is 309 g/mol. The molecule has 0 heterocycles. The molecule has 0 radical (unpaired) electrons. The topological polar surface area (TPSA) is 38.3 Å². The number of halogens is 3. The Morgan fingerprint density at radius 3 is 2.41 bits per heavy atom. The quantitative estimate of drug-likeness (QED) is 0.877. The van der Waals surface area contributed by atoms with Crippen LogP contribution in [0.4, 0.5) is 18.9 Å². The third-order valence-corrected chi connectivity index (χ3v) is 2.87. The van der Waals surface area contributed by atoms with Gasteiger partial charge in [-0.3, -0.25) is 4.79 Å². The zero-order chi connectivity index (χ0) is 16.2. The number of nitrogens with one attached hydrogen (secondary N) is 1. The van der Waals surface area contributed by atoms with Crippen LogP contribution in [-0.2, 0) is 11.0 Å². The maximum absolute atomic E-state index is 12.8. The summed E-state index contributed by atoms with van der Waals surface area (Å²) in [6.07, 6.45) is -4.34. The number of anilines is 1. The van der Waals surface area contributed by atoms with Crippen LogP contribution in [0.2, 0.25) is 0 Å². The second-order valence-corrected chi connectivity index (χ2v) is 4.53. The molecule has 0 bridgehead atoms. The van der Waals surface area contributed by atoms with Gasteiger partial charge in [0, 0.05) is 6.42 Å². The molecule has 0 atom stereocenters. The Kier molecular flexibility index (Phi) is 4.70. The van der Waals surface area contributed by atoms with Gasteiger partial charge in [-0.1, -0.05) is 25.1 Å². The maximum Gasteiger partial charge on any atom is 0.416 e. The maximum atomic E-state index is 12.8. The molecule has 0 fully saturated rings. The number of benzene rings is 2. The number of para-hydroxylation sites is 1. The summed E-state index contributed by atoms with van der Waals surface area (Å²) in [7, 11) is 0. The monoisotopic (exact) mass is 309 g/mol. The summed E-state index contributed by atoms with van der Waals surface area (Å²) in [6, 6.07) is 11.6. The van der Waals surface area contributed by atoms with Crippen LogP contribution >= 0.6 is 0 Å². The number of hydrogen-bond donors (Lipinski definition) is 1. The van der Waals surface area contributed by atoms with Crippen LogP contribution in [0.15, 0.2) is 48.5 Å². The van der Waals surface area contributed by atoms with Gasteiger partial charge in [0.05, 0.1) is 11.3 Å². The lowest BCUT2D eigenvalue weighted by Gasteiger charge is -2.15. The van der Waals surface area contributed by atoms with Crippen LogP contribution in [0.1, 0.15) is 18.9 Å². The molecule has 116 valence electrons. The molecule has 2 aromatic rings. The van der Waals surface area contributed by atoms with Gasteiger partial charge in [-0.2, -0.15) is 13.2 Å². The summed E-state index contributed by atoms with van der Waals surface area (Å²) >= 11 is 0. The lowest BCUT2D eigenvalue weighted by molar-refractivity contribution is -0.137. The molecule has 0 aliphatic carbocycles. The lowest BCUT2D eigenvalue weighted by atomic mass is 10.1. The predicted octanol–water partition coefficient (Wildman–Crippen LogP) is 4.85. The van der Waals surface area contributed by atoms with E-state index in [9.17, 15) is 18.0 Å². The molecule has 0 aliphatic heterocycles. The van der Waals surface area contributed by atoms with Crippen molar-refractivity contribution in [2.45, 2.75) is 19.5 Å². The number of hydrogen-bond acceptors (Lipinski definition) is 2. The minimum atomic E-state index is -4.49. The zero-order valence-electron chi connectivity index (χ0n) is 11.8. The van der Waals surface area contributed by atoms with Crippen molar-refractivity contribution in [3.05, 3.63) is 54.1 Å². The molecule has 0 aliphatic rings. The molecule has 3 nitrogen and oxygen atoms in total. The van der Waals surface area contributed by atoms with E-state index >= 15 is 0 Å². The van der Waals surface area contributed by atoms with Crippen molar-refractivity contribution in [2.24, 2.45) is 0 Å². The Bertz CT molecular complexity index is 654. The highest BCUT2D eigenvalue weighted by Gasteiger charge is 2.31. The Morgan fingerprint density at radius 1 is 1.14 bits per heavy atom. The minimum absolute atomic E-state index is 0.00877. The molecule has 1 N–H and O–H groups in total. The first-order valence-corrected chi connectivity index (χ1v) is 6.64. The summed E-state index contributed by atoms with van der Waals surface area (Å²) in [5, 5.41) is 2.43. The highest BCUT2D eigenvalue weighted by atomic mass is 19.4. The Labute approximate surface area is 125 Å². The van der Waals surface area contributed by atoms with Crippen molar-refractivity contribution in [3.8, 4) is 11.5 Å². The van der Waals surface area contributed by atoms with Gasteiger partial charge in [0.25, 0.3) is 0 Å². The molecule has 2 aromatic carbocycles. The molecular formula is C16H14F3NO2. The number of amides is 1. The molecule has 0 spiro atoms. The van der Waals surface area contributed by atoms with Gasteiger partial charge in [-0.05, 0) is 30.3 Å². The fourth-order valence-electron chi connectivity index (χ4n) is 1.75. The fraction of sp³-hybridized carbons (Fsp3) is 0.188. The molecule has 1 amide bonds. The van der Waals surface area contributed by atoms with Gasteiger partial charge < -0.3 is 10.1 Å². The van der Waals surface area contributed by atoms with Gasteiger partial charge >= 0.3 is 6.18 Å². The van der Waals surface area contributed by atoms with Crippen molar-refractivity contribution in [3.63, 3.8) is 0 Å². The van der Waals surface area contributed by atoms with Gasteiger partial charge in [0.15, 0.2) is 5.75 Å². The van der Waals surface area contributed by atoms with E-state index in [1.807, 2.05) is 0 Å². The number of carbonyl (C=O) groups is 1. The number of rotatable bonds is 4. The van der Waals surface area contributed by atoms with Crippen LogP contribution in [0, 0.1) is 0 Å². The molecular weight excluding hydrogens is 295 g/mol.